The molecule has 0 aliphatic heterocycles. The minimum atomic E-state index is -0.382. The van der Waals surface area contributed by atoms with Crippen molar-refractivity contribution in [1.82, 2.24) is 14.7 Å². The van der Waals surface area contributed by atoms with Crippen LogP contribution in [0.3, 0.4) is 0 Å². The van der Waals surface area contributed by atoms with Gasteiger partial charge in [0.1, 0.15) is 23.2 Å². The van der Waals surface area contributed by atoms with Crippen molar-refractivity contribution < 1.29 is 13.7 Å². The number of fused-ring (bicyclic) bond motifs is 1. The molecule has 0 saturated heterocycles. The molecule has 0 atom stereocenters. The quantitative estimate of drug-likeness (QED) is 0.561. The highest BCUT2D eigenvalue weighted by Crippen LogP contribution is 2.24. The highest BCUT2D eigenvalue weighted by molar-refractivity contribution is 5.91. The number of aromatic nitrogens is 3. The number of benzene rings is 2. The fraction of sp³-hybridized carbons (Fsp3) is 0.143. The van der Waals surface area contributed by atoms with Gasteiger partial charge in [-0.15, -0.1) is 0 Å². The molecule has 2 aromatic heterocycles. The maximum Gasteiger partial charge on any atom is 0.266 e. The third-order valence-corrected chi connectivity index (χ3v) is 4.50. The molecule has 2 aromatic carbocycles. The largest absolute Gasteiger partial charge is 0.335 e. The second-order valence-electron chi connectivity index (χ2n) is 6.63. The minimum absolute atomic E-state index is 0.0512. The Labute approximate surface area is 164 Å². The van der Waals surface area contributed by atoms with Gasteiger partial charge in [0.05, 0.1) is 0 Å². The van der Waals surface area contributed by atoms with Crippen LogP contribution in [0.25, 0.3) is 22.4 Å². The van der Waals surface area contributed by atoms with Crippen molar-refractivity contribution in [1.29, 1.82) is 0 Å². The Morgan fingerprint density at radius 1 is 1.14 bits per heavy atom. The molecule has 8 heteroatoms. The van der Waals surface area contributed by atoms with E-state index in [1.165, 1.54) is 35.2 Å². The van der Waals surface area contributed by atoms with Gasteiger partial charge in [0.25, 0.3) is 11.3 Å². The molecule has 2 heterocycles. The highest BCUT2D eigenvalue weighted by atomic mass is 19.1. The van der Waals surface area contributed by atoms with E-state index in [1.54, 1.807) is 0 Å². The molecule has 146 valence electrons. The normalized spacial score (nSPS) is 11.0. The van der Waals surface area contributed by atoms with Gasteiger partial charge in [0.2, 0.25) is 5.91 Å². The molecule has 0 unspecified atom stereocenters. The molecule has 0 bridgehead atoms. The number of carbonyl (C=O) groups is 1. The Morgan fingerprint density at radius 3 is 2.59 bits per heavy atom. The van der Waals surface area contributed by atoms with Gasteiger partial charge in [-0.1, -0.05) is 35.0 Å². The maximum absolute atomic E-state index is 12.9. The summed E-state index contributed by atoms with van der Waals surface area (Å²) in [5, 5.41) is 6.93. The summed E-state index contributed by atoms with van der Waals surface area (Å²) in [5.74, 6) is -0.681. The molecule has 29 heavy (non-hydrogen) atoms. The minimum Gasteiger partial charge on any atom is -0.335 e. The summed E-state index contributed by atoms with van der Waals surface area (Å²) in [6.07, 6.45) is 1.38. The average Bonchev–Trinajstić information content (AvgIpc) is 3.15. The second-order valence-corrected chi connectivity index (χ2v) is 6.63. The van der Waals surface area contributed by atoms with E-state index in [-0.39, 0.29) is 41.3 Å². The van der Waals surface area contributed by atoms with Crippen molar-refractivity contribution in [3.63, 3.8) is 0 Å². The third-order valence-electron chi connectivity index (χ3n) is 4.50. The number of hydrogen-bond donors (Lipinski definition) is 1. The van der Waals surface area contributed by atoms with Gasteiger partial charge in [-0.2, -0.15) is 0 Å². The zero-order chi connectivity index (χ0) is 20.4. The van der Waals surface area contributed by atoms with Crippen molar-refractivity contribution in [2.45, 2.75) is 19.9 Å². The number of hydrogen-bond acceptors (Lipinski definition) is 5. The predicted octanol–water partition coefficient (Wildman–Crippen LogP) is 3.53. The molecule has 0 aliphatic carbocycles. The summed E-state index contributed by atoms with van der Waals surface area (Å²) in [4.78, 5) is 29.2. The van der Waals surface area contributed by atoms with E-state index >= 15 is 0 Å². The summed E-state index contributed by atoms with van der Waals surface area (Å²) in [6, 6.07) is 13.0. The Hall–Kier alpha value is -3.81. The topological polar surface area (TPSA) is 90.0 Å². The Morgan fingerprint density at radius 2 is 1.86 bits per heavy atom. The van der Waals surface area contributed by atoms with E-state index in [0.29, 0.717) is 11.4 Å². The van der Waals surface area contributed by atoms with E-state index in [9.17, 15) is 14.0 Å². The first-order chi connectivity index (χ1) is 14.0. The first-order valence-corrected chi connectivity index (χ1v) is 8.98. The lowest BCUT2D eigenvalue weighted by molar-refractivity contribution is -0.116. The smallest absolute Gasteiger partial charge is 0.266 e. The van der Waals surface area contributed by atoms with Crippen molar-refractivity contribution >= 4 is 22.7 Å². The number of nitrogens with zero attached hydrogens (tertiary/aromatic N) is 3. The van der Waals surface area contributed by atoms with Gasteiger partial charge >= 0.3 is 0 Å². The summed E-state index contributed by atoms with van der Waals surface area (Å²) in [7, 11) is 0. The predicted molar refractivity (Wildman–Crippen MR) is 106 cm³/mol. The number of rotatable bonds is 5. The molecule has 1 N–H and O–H groups in total. The molecule has 1 amide bonds. The van der Waals surface area contributed by atoms with E-state index in [1.807, 2.05) is 31.2 Å². The van der Waals surface area contributed by atoms with Crippen LogP contribution in [-0.4, -0.2) is 20.6 Å². The molecule has 0 spiro atoms. The van der Waals surface area contributed by atoms with Crippen LogP contribution in [0.1, 0.15) is 12.0 Å². The molecular weight excluding hydrogens is 375 g/mol. The van der Waals surface area contributed by atoms with E-state index in [2.05, 4.69) is 15.5 Å². The van der Waals surface area contributed by atoms with Crippen LogP contribution in [0, 0.1) is 12.7 Å². The molecule has 0 fully saturated rings. The Kier molecular flexibility index (Phi) is 4.90. The standard InChI is InChI=1S/C21H17FN4O3/c1-13-2-4-14(5-3-13)19-18-20(29-25-19)23-12-26(21(18)28)11-10-17(27)24-16-8-6-15(22)7-9-16/h2-9,12H,10-11H2,1H3,(H,24,27). The van der Waals surface area contributed by atoms with Crippen LogP contribution >= 0.6 is 0 Å². The summed E-state index contributed by atoms with van der Waals surface area (Å²) in [6.45, 7) is 2.10. The molecule has 0 aliphatic rings. The van der Waals surface area contributed by atoms with E-state index in [4.69, 9.17) is 4.52 Å². The zero-order valence-electron chi connectivity index (χ0n) is 15.6. The van der Waals surface area contributed by atoms with E-state index < -0.39 is 0 Å². The molecular formula is C21H17FN4O3. The highest BCUT2D eigenvalue weighted by Gasteiger charge is 2.17. The number of carbonyl (C=O) groups excluding carboxylic acids is 1. The lowest BCUT2D eigenvalue weighted by Gasteiger charge is -2.07. The molecule has 4 rings (SSSR count). The fourth-order valence-electron chi connectivity index (χ4n) is 2.93. The molecule has 0 radical (unpaired) electrons. The number of anilines is 1. The zero-order valence-corrected chi connectivity index (χ0v) is 15.6. The number of nitrogens with one attached hydrogen (secondary N) is 1. The maximum atomic E-state index is 12.9. The lowest BCUT2D eigenvalue weighted by Crippen LogP contribution is -2.23. The van der Waals surface area contributed by atoms with Crippen LogP contribution < -0.4 is 10.9 Å². The van der Waals surface area contributed by atoms with Crippen molar-refractivity contribution in [3.8, 4) is 11.3 Å². The van der Waals surface area contributed by atoms with Crippen molar-refractivity contribution in [2.75, 3.05) is 5.32 Å². The number of halogens is 1. The van der Waals surface area contributed by atoms with Crippen LogP contribution in [-0.2, 0) is 11.3 Å². The third kappa shape index (κ3) is 3.91. The molecule has 0 saturated carbocycles. The van der Waals surface area contributed by atoms with Gasteiger partial charge < -0.3 is 9.84 Å². The van der Waals surface area contributed by atoms with Crippen molar-refractivity contribution in [2.24, 2.45) is 0 Å². The summed E-state index contributed by atoms with van der Waals surface area (Å²) >= 11 is 0. The van der Waals surface area contributed by atoms with Gasteiger partial charge in [0.15, 0.2) is 0 Å². The first kappa shape index (κ1) is 18.5. The van der Waals surface area contributed by atoms with Crippen LogP contribution in [0.4, 0.5) is 10.1 Å². The average molecular weight is 392 g/mol. The monoisotopic (exact) mass is 392 g/mol. The summed E-state index contributed by atoms with van der Waals surface area (Å²) in [5.41, 5.74) is 2.56. The van der Waals surface area contributed by atoms with Crippen LogP contribution in [0.5, 0.6) is 0 Å². The fourth-order valence-corrected chi connectivity index (χ4v) is 2.93. The Balaban J connectivity index is 1.55. The lowest BCUT2D eigenvalue weighted by atomic mass is 10.1. The molecule has 7 nitrogen and oxygen atoms in total. The second kappa shape index (κ2) is 7.67. The van der Waals surface area contributed by atoms with Gasteiger partial charge in [-0.05, 0) is 31.2 Å². The van der Waals surface area contributed by atoms with Crippen molar-refractivity contribution in [3.05, 3.63) is 76.6 Å². The van der Waals surface area contributed by atoms with Gasteiger partial charge in [-0.3, -0.25) is 14.2 Å². The number of amides is 1. The SMILES string of the molecule is Cc1ccc(-c2noc3ncn(CCC(=O)Nc4ccc(F)cc4)c(=O)c23)cc1. The molecule has 4 aromatic rings. The van der Waals surface area contributed by atoms with Gasteiger partial charge in [0, 0.05) is 24.2 Å². The van der Waals surface area contributed by atoms with Crippen LogP contribution in [0.2, 0.25) is 0 Å². The van der Waals surface area contributed by atoms with E-state index in [0.717, 1.165) is 11.1 Å². The van der Waals surface area contributed by atoms with Crippen LogP contribution in [0.15, 0.2) is 64.2 Å². The van der Waals surface area contributed by atoms with Gasteiger partial charge in [-0.25, -0.2) is 9.37 Å². The summed E-state index contributed by atoms with van der Waals surface area (Å²) < 4.78 is 19.5. The first-order valence-electron chi connectivity index (χ1n) is 8.98. The Bertz CT molecular complexity index is 1230. The number of aryl methyl sites for hydroxylation is 2.